The second-order valence-corrected chi connectivity index (χ2v) is 5.05. The maximum absolute atomic E-state index is 12.3. The molecule has 0 unspecified atom stereocenters. The summed E-state index contributed by atoms with van der Waals surface area (Å²) in [5.74, 6) is -0.521. The molecule has 0 fully saturated rings. The van der Waals surface area contributed by atoms with E-state index in [9.17, 15) is 14.9 Å². The van der Waals surface area contributed by atoms with E-state index in [2.05, 4.69) is 4.98 Å². The number of carbonyl (C=O) groups excluding carboxylic acids is 1. The number of nitrogens with zero attached hydrogens (tertiary/aromatic N) is 2. The SMILES string of the molecule is O=C(Oc1cccc2cccnc12)c1cc([N+](=O)[O-])ccc1Cl. The smallest absolute Gasteiger partial charge is 0.345 e. The van der Waals surface area contributed by atoms with E-state index in [4.69, 9.17) is 16.3 Å². The van der Waals surface area contributed by atoms with Gasteiger partial charge in [0.2, 0.25) is 0 Å². The minimum Gasteiger partial charge on any atom is -0.421 e. The van der Waals surface area contributed by atoms with Gasteiger partial charge in [0, 0.05) is 23.7 Å². The number of aromatic nitrogens is 1. The van der Waals surface area contributed by atoms with Crippen LogP contribution in [0.15, 0.2) is 54.7 Å². The number of rotatable bonds is 3. The van der Waals surface area contributed by atoms with E-state index < -0.39 is 10.9 Å². The first-order valence-electron chi connectivity index (χ1n) is 6.56. The molecule has 6 nitrogen and oxygen atoms in total. The quantitative estimate of drug-likeness (QED) is 0.314. The second-order valence-electron chi connectivity index (χ2n) is 4.64. The molecule has 7 heteroatoms. The van der Waals surface area contributed by atoms with E-state index in [0.29, 0.717) is 5.52 Å². The van der Waals surface area contributed by atoms with Gasteiger partial charge in [0.25, 0.3) is 5.69 Å². The minimum absolute atomic E-state index is 0.0752. The van der Waals surface area contributed by atoms with E-state index >= 15 is 0 Å². The maximum Gasteiger partial charge on any atom is 0.345 e. The number of para-hydroxylation sites is 1. The average molecular weight is 329 g/mol. The predicted molar refractivity (Wildman–Crippen MR) is 84.8 cm³/mol. The Morgan fingerprint density at radius 1 is 1.17 bits per heavy atom. The van der Waals surface area contributed by atoms with Crippen molar-refractivity contribution >= 4 is 34.2 Å². The lowest BCUT2D eigenvalue weighted by Crippen LogP contribution is -2.10. The molecule has 0 aliphatic rings. The number of halogens is 1. The van der Waals surface area contributed by atoms with Crippen LogP contribution in [-0.4, -0.2) is 15.9 Å². The Hall–Kier alpha value is -2.99. The van der Waals surface area contributed by atoms with Crippen LogP contribution in [-0.2, 0) is 0 Å². The lowest BCUT2D eigenvalue weighted by molar-refractivity contribution is -0.384. The zero-order valence-electron chi connectivity index (χ0n) is 11.6. The standard InChI is InChI=1S/C16H9ClN2O4/c17-13-7-6-11(19(21)22)9-12(13)16(20)23-14-5-1-3-10-4-2-8-18-15(10)14/h1-9H. The summed E-state index contributed by atoms with van der Waals surface area (Å²) in [5.41, 5.74) is 0.205. The van der Waals surface area contributed by atoms with Crippen LogP contribution in [0.2, 0.25) is 5.02 Å². The van der Waals surface area contributed by atoms with Crippen molar-refractivity contribution in [2.75, 3.05) is 0 Å². The van der Waals surface area contributed by atoms with Crippen LogP contribution in [0.3, 0.4) is 0 Å². The van der Waals surface area contributed by atoms with E-state index in [1.54, 1.807) is 24.4 Å². The molecule has 3 rings (SSSR count). The molecule has 0 atom stereocenters. The monoisotopic (exact) mass is 328 g/mol. The Morgan fingerprint density at radius 3 is 2.74 bits per heavy atom. The van der Waals surface area contributed by atoms with Gasteiger partial charge in [-0.05, 0) is 18.2 Å². The summed E-state index contributed by atoms with van der Waals surface area (Å²) in [5, 5.41) is 11.7. The van der Waals surface area contributed by atoms with E-state index in [-0.39, 0.29) is 22.0 Å². The number of benzene rings is 2. The van der Waals surface area contributed by atoms with Gasteiger partial charge in [0.15, 0.2) is 5.75 Å². The second kappa shape index (κ2) is 6.02. The molecule has 0 aliphatic carbocycles. The fourth-order valence-corrected chi connectivity index (χ4v) is 2.29. The molecule has 0 amide bonds. The van der Waals surface area contributed by atoms with E-state index in [0.717, 1.165) is 11.5 Å². The summed E-state index contributed by atoms with van der Waals surface area (Å²) < 4.78 is 5.32. The van der Waals surface area contributed by atoms with E-state index in [1.807, 2.05) is 12.1 Å². The van der Waals surface area contributed by atoms with Gasteiger partial charge in [0.1, 0.15) is 5.52 Å². The Labute approximate surface area is 135 Å². The van der Waals surface area contributed by atoms with Crippen LogP contribution in [0, 0.1) is 10.1 Å². The average Bonchev–Trinajstić information content (AvgIpc) is 2.55. The number of pyridine rings is 1. The highest BCUT2D eigenvalue weighted by Crippen LogP contribution is 2.27. The number of non-ortho nitro benzene ring substituents is 1. The molecule has 0 aliphatic heterocycles. The molecule has 2 aromatic carbocycles. The van der Waals surface area contributed by atoms with Gasteiger partial charge in [-0.3, -0.25) is 15.1 Å². The third kappa shape index (κ3) is 2.97. The summed E-state index contributed by atoms with van der Waals surface area (Å²) in [7, 11) is 0. The van der Waals surface area contributed by atoms with Crippen LogP contribution in [0.4, 0.5) is 5.69 Å². The van der Waals surface area contributed by atoms with Gasteiger partial charge in [-0.25, -0.2) is 4.79 Å². The Balaban J connectivity index is 1.98. The van der Waals surface area contributed by atoms with Crippen molar-refractivity contribution in [3.63, 3.8) is 0 Å². The van der Waals surface area contributed by atoms with Gasteiger partial charge in [-0.15, -0.1) is 0 Å². The van der Waals surface area contributed by atoms with Crippen molar-refractivity contribution in [1.82, 2.24) is 4.98 Å². The number of fused-ring (bicyclic) bond motifs is 1. The number of hydrogen-bond donors (Lipinski definition) is 0. The summed E-state index contributed by atoms with van der Waals surface area (Å²) in [6, 6.07) is 12.4. The molecule has 23 heavy (non-hydrogen) atoms. The highest BCUT2D eigenvalue weighted by molar-refractivity contribution is 6.33. The first kappa shape index (κ1) is 14.9. The fraction of sp³-hybridized carbons (Fsp3) is 0. The van der Waals surface area contributed by atoms with Crippen LogP contribution in [0.25, 0.3) is 10.9 Å². The molecular weight excluding hydrogens is 320 g/mol. The topological polar surface area (TPSA) is 82.3 Å². The molecule has 0 bridgehead atoms. The van der Waals surface area contributed by atoms with Gasteiger partial charge in [-0.2, -0.15) is 0 Å². The molecule has 0 saturated heterocycles. The van der Waals surface area contributed by atoms with Gasteiger partial charge >= 0.3 is 5.97 Å². The normalized spacial score (nSPS) is 10.5. The predicted octanol–water partition coefficient (Wildman–Crippen LogP) is 4.02. The molecule has 1 heterocycles. The van der Waals surface area contributed by atoms with Crippen molar-refractivity contribution in [3.8, 4) is 5.75 Å². The van der Waals surface area contributed by atoms with Crippen molar-refractivity contribution in [2.45, 2.75) is 0 Å². The van der Waals surface area contributed by atoms with Crippen LogP contribution in [0.5, 0.6) is 5.75 Å². The number of carbonyl (C=O) groups is 1. The number of hydrogen-bond acceptors (Lipinski definition) is 5. The molecule has 0 radical (unpaired) electrons. The first-order chi connectivity index (χ1) is 11.1. The molecule has 0 N–H and O–H groups in total. The third-order valence-corrected chi connectivity index (χ3v) is 3.51. The highest BCUT2D eigenvalue weighted by Gasteiger charge is 2.18. The fourth-order valence-electron chi connectivity index (χ4n) is 2.10. The van der Waals surface area contributed by atoms with Gasteiger partial charge in [0.05, 0.1) is 15.5 Å². The number of nitro groups is 1. The molecule has 0 saturated carbocycles. The number of nitro benzene ring substituents is 1. The lowest BCUT2D eigenvalue weighted by Gasteiger charge is -2.08. The molecule has 1 aromatic heterocycles. The Morgan fingerprint density at radius 2 is 1.96 bits per heavy atom. The van der Waals surface area contributed by atoms with E-state index in [1.165, 1.54) is 12.1 Å². The molecule has 3 aromatic rings. The zero-order valence-corrected chi connectivity index (χ0v) is 12.4. The molecule has 0 spiro atoms. The molecular formula is C16H9ClN2O4. The van der Waals surface area contributed by atoms with Gasteiger partial charge in [-0.1, -0.05) is 29.8 Å². The molecule has 114 valence electrons. The largest absolute Gasteiger partial charge is 0.421 e. The van der Waals surface area contributed by atoms with Crippen molar-refractivity contribution < 1.29 is 14.5 Å². The summed E-state index contributed by atoms with van der Waals surface area (Å²) in [4.78, 5) is 26.7. The Bertz CT molecular complexity index is 922. The van der Waals surface area contributed by atoms with Crippen LogP contribution < -0.4 is 4.74 Å². The van der Waals surface area contributed by atoms with Crippen LogP contribution in [0.1, 0.15) is 10.4 Å². The number of ether oxygens (including phenoxy) is 1. The van der Waals surface area contributed by atoms with Crippen LogP contribution >= 0.6 is 11.6 Å². The summed E-state index contributed by atoms with van der Waals surface area (Å²) >= 11 is 5.94. The lowest BCUT2D eigenvalue weighted by atomic mass is 10.2. The third-order valence-electron chi connectivity index (χ3n) is 3.18. The highest BCUT2D eigenvalue weighted by atomic mass is 35.5. The minimum atomic E-state index is -0.781. The van der Waals surface area contributed by atoms with Crippen molar-refractivity contribution in [3.05, 3.63) is 75.4 Å². The summed E-state index contributed by atoms with van der Waals surface area (Å²) in [6.45, 7) is 0. The van der Waals surface area contributed by atoms with Crippen molar-refractivity contribution in [1.29, 1.82) is 0 Å². The van der Waals surface area contributed by atoms with Crippen molar-refractivity contribution in [2.24, 2.45) is 0 Å². The first-order valence-corrected chi connectivity index (χ1v) is 6.94. The zero-order chi connectivity index (χ0) is 16.4. The summed E-state index contributed by atoms with van der Waals surface area (Å²) in [6.07, 6.45) is 1.58. The Kier molecular flexibility index (Phi) is 3.91. The maximum atomic E-state index is 12.3. The number of esters is 1. The van der Waals surface area contributed by atoms with Gasteiger partial charge < -0.3 is 4.74 Å².